The zero-order valence-corrected chi connectivity index (χ0v) is 19.6. The van der Waals surface area contributed by atoms with Crippen LogP contribution in [-0.2, 0) is 11.9 Å². The topological polar surface area (TPSA) is 111 Å². The number of aromatic nitrogens is 2. The van der Waals surface area contributed by atoms with Crippen molar-refractivity contribution in [3.63, 3.8) is 0 Å². The number of rotatable bonds is 7. The van der Waals surface area contributed by atoms with E-state index in [-0.39, 0.29) is 23.0 Å². The first kappa shape index (κ1) is 24.6. The van der Waals surface area contributed by atoms with E-state index in [1.165, 1.54) is 23.1 Å². The van der Waals surface area contributed by atoms with Gasteiger partial charge in [0, 0.05) is 6.07 Å². The number of carbonyl (C=O) groups is 2. The number of esters is 1. The summed E-state index contributed by atoms with van der Waals surface area (Å²) in [6.07, 6.45) is -3.71. The molecule has 1 aromatic carbocycles. The highest BCUT2D eigenvalue weighted by molar-refractivity contribution is 8.00. The highest BCUT2D eigenvalue weighted by Crippen LogP contribution is 2.30. The molecule has 0 atom stereocenters. The molecule has 3 heterocycles. The van der Waals surface area contributed by atoms with Gasteiger partial charge in [-0.3, -0.25) is 14.9 Å². The first-order valence-corrected chi connectivity index (χ1v) is 12.2. The number of ether oxygens (including phenoxy) is 1. The number of nitrogens with zero attached hydrogens (tertiary/aromatic N) is 2. The van der Waals surface area contributed by atoms with E-state index in [0.717, 1.165) is 41.9 Å². The van der Waals surface area contributed by atoms with Gasteiger partial charge in [0.2, 0.25) is 16.3 Å². The number of hydrogen-bond donors (Lipinski definition) is 1. The molecule has 35 heavy (non-hydrogen) atoms. The second kappa shape index (κ2) is 10.4. The van der Waals surface area contributed by atoms with Crippen molar-refractivity contribution in [2.45, 2.75) is 16.3 Å². The normalized spacial score (nSPS) is 11.3. The predicted molar refractivity (Wildman–Crippen MR) is 123 cm³/mol. The van der Waals surface area contributed by atoms with E-state index < -0.39 is 28.9 Å². The van der Waals surface area contributed by atoms with Crippen molar-refractivity contribution in [1.82, 2.24) is 10.2 Å². The number of thioether (sulfide) groups is 1. The van der Waals surface area contributed by atoms with Gasteiger partial charge >= 0.3 is 12.1 Å². The van der Waals surface area contributed by atoms with Gasteiger partial charge in [-0.1, -0.05) is 35.2 Å². The van der Waals surface area contributed by atoms with E-state index in [4.69, 9.17) is 9.15 Å². The molecule has 180 valence electrons. The maximum atomic E-state index is 12.8. The minimum Gasteiger partial charge on any atom is -0.464 e. The molecule has 0 aliphatic carbocycles. The van der Waals surface area contributed by atoms with Crippen LogP contribution in [0.2, 0.25) is 0 Å². The highest BCUT2D eigenvalue weighted by atomic mass is 32.2. The number of hydrogen-bond acceptors (Lipinski definition) is 10. The molecule has 4 rings (SSSR count). The lowest BCUT2D eigenvalue weighted by Gasteiger charge is -2.08. The fourth-order valence-corrected chi connectivity index (χ4v) is 4.84. The minimum atomic E-state index is -4.63. The quantitative estimate of drug-likeness (QED) is 0.190. The van der Waals surface area contributed by atoms with Crippen LogP contribution < -0.4 is 15.5 Å². The van der Waals surface area contributed by atoms with Gasteiger partial charge in [-0.2, -0.15) is 13.2 Å². The Morgan fingerprint density at radius 2 is 1.97 bits per heavy atom. The zero-order valence-electron chi connectivity index (χ0n) is 17.2. The number of nitrogens with one attached hydrogen (secondary N) is 1. The number of alkyl halides is 3. The number of thiophene rings is 1. The van der Waals surface area contributed by atoms with Crippen LogP contribution in [0.3, 0.4) is 0 Å². The van der Waals surface area contributed by atoms with Gasteiger partial charge in [0.05, 0.1) is 21.8 Å². The predicted octanol–water partition coefficient (Wildman–Crippen LogP) is 5.34. The van der Waals surface area contributed by atoms with E-state index in [0.29, 0.717) is 20.4 Å². The molecule has 0 fully saturated rings. The summed E-state index contributed by atoms with van der Waals surface area (Å²) < 4.78 is 49.2. The number of anilines is 1. The number of amides is 1. The van der Waals surface area contributed by atoms with Crippen LogP contribution in [0, 0.1) is 0 Å². The molecule has 0 saturated carbocycles. The molecule has 0 aliphatic heterocycles. The molecule has 4 aromatic rings. The lowest BCUT2D eigenvalue weighted by molar-refractivity contribution is -0.137. The zero-order chi connectivity index (χ0) is 25.0. The summed E-state index contributed by atoms with van der Waals surface area (Å²) in [5.74, 6) is -1.47. The van der Waals surface area contributed by atoms with Crippen molar-refractivity contribution in [1.29, 1.82) is 0 Å². The summed E-state index contributed by atoms with van der Waals surface area (Å²) >= 11 is 3.63. The Bertz CT molecular complexity index is 1420. The standard InChI is InChI=1S/C21H12F3N3O5S3/c22-21(23,24)12-4-1-3-11(7-12)18(30)32-15-9-31-13(8-14(15)28)10-34-20-27-26-19(35-20)25-17(29)16-5-2-6-33-16/h1-9H,10H2,(H,25,26,29). The average molecular weight is 540 g/mol. The van der Waals surface area contributed by atoms with Gasteiger partial charge in [-0.05, 0) is 29.6 Å². The van der Waals surface area contributed by atoms with Gasteiger partial charge in [0.1, 0.15) is 12.0 Å². The van der Waals surface area contributed by atoms with Gasteiger partial charge < -0.3 is 9.15 Å². The summed E-state index contributed by atoms with van der Waals surface area (Å²) in [7, 11) is 0. The van der Waals surface area contributed by atoms with Crippen molar-refractivity contribution in [2.24, 2.45) is 0 Å². The van der Waals surface area contributed by atoms with Crippen molar-refractivity contribution in [3.8, 4) is 5.75 Å². The summed E-state index contributed by atoms with van der Waals surface area (Å²) in [6.45, 7) is 0. The molecule has 3 aromatic heterocycles. The molecule has 0 bridgehead atoms. The molecule has 0 radical (unpaired) electrons. The summed E-state index contributed by atoms with van der Waals surface area (Å²) in [4.78, 5) is 37.1. The van der Waals surface area contributed by atoms with Crippen LogP contribution >= 0.6 is 34.4 Å². The summed E-state index contributed by atoms with van der Waals surface area (Å²) in [5, 5.41) is 12.6. The van der Waals surface area contributed by atoms with Crippen molar-refractivity contribution >= 4 is 51.4 Å². The van der Waals surface area contributed by atoms with E-state index >= 15 is 0 Å². The Labute approximate surface area is 206 Å². The Morgan fingerprint density at radius 1 is 1.14 bits per heavy atom. The Hall–Kier alpha value is -3.49. The summed E-state index contributed by atoms with van der Waals surface area (Å²) in [5.41, 5.74) is -2.07. The van der Waals surface area contributed by atoms with Crippen molar-refractivity contribution < 1.29 is 31.9 Å². The van der Waals surface area contributed by atoms with Crippen LogP contribution in [0.4, 0.5) is 18.3 Å². The first-order chi connectivity index (χ1) is 16.7. The lowest BCUT2D eigenvalue weighted by Crippen LogP contribution is -2.15. The molecule has 8 nitrogen and oxygen atoms in total. The van der Waals surface area contributed by atoms with Gasteiger partial charge in [-0.25, -0.2) is 4.79 Å². The van der Waals surface area contributed by atoms with Crippen molar-refractivity contribution in [2.75, 3.05) is 5.32 Å². The van der Waals surface area contributed by atoms with Gasteiger partial charge in [-0.15, -0.1) is 21.5 Å². The van der Waals surface area contributed by atoms with Crippen molar-refractivity contribution in [3.05, 3.63) is 86.1 Å². The van der Waals surface area contributed by atoms with E-state index in [1.54, 1.807) is 17.5 Å². The molecule has 0 spiro atoms. The lowest BCUT2D eigenvalue weighted by atomic mass is 10.1. The molecular formula is C21H12F3N3O5S3. The van der Waals surface area contributed by atoms with E-state index in [1.807, 2.05) is 0 Å². The fraction of sp³-hybridized carbons (Fsp3) is 0.0952. The molecule has 0 aliphatic rings. The second-order valence-electron chi connectivity index (χ2n) is 6.64. The average Bonchev–Trinajstić information content (AvgIpc) is 3.51. The maximum Gasteiger partial charge on any atom is 0.416 e. The minimum absolute atomic E-state index is 0.185. The van der Waals surface area contributed by atoms with E-state index in [2.05, 4.69) is 15.5 Å². The highest BCUT2D eigenvalue weighted by Gasteiger charge is 2.31. The smallest absolute Gasteiger partial charge is 0.416 e. The molecule has 14 heteroatoms. The van der Waals surface area contributed by atoms with Gasteiger partial charge in [0.15, 0.2) is 4.34 Å². The SMILES string of the molecule is O=C(Oc1coc(CSc2nnc(NC(=O)c3cccs3)s2)cc1=O)c1cccc(C(F)(F)F)c1. The van der Waals surface area contributed by atoms with E-state index in [9.17, 15) is 27.6 Å². The largest absolute Gasteiger partial charge is 0.464 e. The van der Waals surface area contributed by atoms with Crippen LogP contribution in [0.5, 0.6) is 5.75 Å². The fourth-order valence-electron chi connectivity index (χ4n) is 2.59. The third kappa shape index (κ3) is 6.35. The number of halogens is 3. The molecule has 1 N–H and O–H groups in total. The monoisotopic (exact) mass is 539 g/mol. The summed E-state index contributed by atoms with van der Waals surface area (Å²) in [6, 6.07) is 8.19. The second-order valence-corrected chi connectivity index (χ2v) is 9.78. The van der Waals surface area contributed by atoms with Crippen LogP contribution in [0.15, 0.2) is 67.7 Å². The molecule has 0 saturated heterocycles. The first-order valence-electron chi connectivity index (χ1n) is 9.51. The third-order valence-corrected chi connectivity index (χ3v) is 7.05. The third-order valence-electron chi connectivity index (χ3n) is 4.19. The number of benzene rings is 1. The Balaban J connectivity index is 1.35. The van der Waals surface area contributed by atoms with Gasteiger partial charge in [0.25, 0.3) is 5.91 Å². The Morgan fingerprint density at radius 3 is 2.69 bits per heavy atom. The molecular weight excluding hydrogens is 527 g/mol. The van der Waals surface area contributed by atoms with Crippen LogP contribution in [-0.4, -0.2) is 22.1 Å². The van der Waals surface area contributed by atoms with Crippen LogP contribution in [0.1, 0.15) is 31.4 Å². The number of carbonyl (C=O) groups excluding carboxylic acids is 2. The molecule has 1 amide bonds. The maximum absolute atomic E-state index is 12.8. The Kier molecular flexibility index (Phi) is 7.33. The molecule has 0 unspecified atom stereocenters. The van der Waals surface area contributed by atoms with Crippen LogP contribution in [0.25, 0.3) is 0 Å².